The Labute approximate surface area is 293 Å². The number of nitrogens with zero attached hydrogens (tertiary/aromatic N) is 3. The van der Waals surface area contributed by atoms with Gasteiger partial charge in [0.1, 0.15) is 34.7 Å². The molecular weight excluding hydrogens is 656 g/mol. The zero-order valence-corrected chi connectivity index (χ0v) is 29.3. The molecule has 5 rings (SSSR count). The SMILES string of the molecule is CC(C)(C)OC(=O)C(CCn1nnc2ccccc2c1=O)(CC(=O)c1cc2cc(OCc3cccc(C(N)=O)c3)ccc2o1)C(=O)OC(C)(C)C. The molecule has 0 aliphatic heterocycles. The molecule has 1 amide bonds. The fourth-order valence-corrected chi connectivity index (χ4v) is 5.33. The first-order chi connectivity index (χ1) is 23.9. The Morgan fingerprint density at radius 2 is 1.53 bits per heavy atom. The summed E-state index contributed by atoms with van der Waals surface area (Å²) in [6.07, 6.45) is -1.06. The number of carbonyl (C=O) groups is 4. The molecule has 266 valence electrons. The van der Waals surface area contributed by atoms with Crippen LogP contribution >= 0.6 is 0 Å². The second kappa shape index (κ2) is 14.2. The van der Waals surface area contributed by atoms with E-state index in [-0.39, 0.29) is 25.3 Å². The number of ketones is 1. The first kappa shape index (κ1) is 36.4. The predicted molar refractivity (Wildman–Crippen MR) is 187 cm³/mol. The molecule has 2 N–H and O–H groups in total. The summed E-state index contributed by atoms with van der Waals surface area (Å²) in [4.78, 5) is 67.0. The third-order valence-corrected chi connectivity index (χ3v) is 7.80. The Morgan fingerprint density at radius 1 is 0.843 bits per heavy atom. The standard InChI is InChI=1S/C38H40N4O9/c1-36(2,3)50-34(46)38(35(47)51-37(4,5)6,16-17-42-33(45)27-12-7-8-13-28(27)40-41-42)21-29(43)31-20-25-19-26(14-15-30(25)49-31)48-22-23-10-9-11-24(18-23)32(39)44/h7-15,18-20H,16-17,21-22H2,1-6H3,(H2,39,44). The van der Waals surface area contributed by atoms with Gasteiger partial charge in [-0.2, -0.15) is 0 Å². The molecule has 2 heterocycles. The van der Waals surface area contributed by atoms with Crippen LogP contribution in [0.15, 0.2) is 82.0 Å². The maximum Gasteiger partial charge on any atom is 0.324 e. The summed E-state index contributed by atoms with van der Waals surface area (Å²) in [6.45, 7) is 9.72. The molecule has 5 aromatic rings. The number of amides is 1. The molecule has 0 unspecified atom stereocenters. The number of furan rings is 1. The molecule has 51 heavy (non-hydrogen) atoms. The summed E-state index contributed by atoms with van der Waals surface area (Å²) < 4.78 is 24.3. The van der Waals surface area contributed by atoms with Gasteiger partial charge in [-0.05, 0) is 102 Å². The lowest BCUT2D eigenvalue weighted by Crippen LogP contribution is -2.49. The Morgan fingerprint density at radius 3 is 2.20 bits per heavy atom. The summed E-state index contributed by atoms with van der Waals surface area (Å²) in [5.74, 6) is -2.86. The van der Waals surface area contributed by atoms with Crippen molar-refractivity contribution in [3.63, 3.8) is 0 Å². The molecule has 0 atom stereocenters. The number of fused-ring (bicyclic) bond motifs is 2. The number of Topliss-reactive ketones (excluding diaryl/α,β-unsaturated/α-hetero) is 1. The van der Waals surface area contributed by atoms with Crippen LogP contribution in [-0.2, 0) is 32.2 Å². The number of hydrogen-bond acceptors (Lipinski definition) is 11. The third-order valence-electron chi connectivity index (χ3n) is 7.80. The zero-order valence-electron chi connectivity index (χ0n) is 29.3. The molecule has 0 bridgehead atoms. The zero-order chi connectivity index (χ0) is 37.1. The van der Waals surface area contributed by atoms with Gasteiger partial charge < -0.3 is 24.4 Å². The Balaban J connectivity index is 1.47. The van der Waals surface area contributed by atoms with Crippen molar-refractivity contribution in [1.82, 2.24) is 15.0 Å². The van der Waals surface area contributed by atoms with Crippen LogP contribution in [-0.4, -0.2) is 49.8 Å². The number of carbonyl (C=O) groups excluding carboxylic acids is 4. The second-order valence-electron chi connectivity index (χ2n) is 14.2. The lowest BCUT2D eigenvalue weighted by Gasteiger charge is -2.34. The van der Waals surface area contributed by atoms with Gasteiger partial charge >= 0.3 is 11.9 Å². The van der Waals surface area contributed by atoms with Crippen molar-refractivity contribution >= 4 is 45.5 Å². The van der Waals surface area contributed by atoms with E-state index in [0.717, 1.165) is 10.2 Å². The normalized spacial score (nSPS) is 12.1. The molecule has 13 heteroatoms. The van der Waals surface area contributed by atoms with Crippen molar-refractivity contribution in [3.8, 4) is 5.75 Å². The topological polar surface area (TPSA) is 183 Å². The highest BCUT2D eigenvalue weighted by atomic mass is 16.6. The molecule has 0 spiro atoms. The number of ether oxygens (including phenoxy) is 3. The van der Waals surface area contributed by atoms with Crippen molar-refractivity contribution in [1.29, 1.82) is 0 Å². The molecule has 2 aromatic heterocycles. The van der Waals surface area contributed by atoms with E-state index < -0.39 is 52.2 Å². The number of aryl methyl sites for hydroxylation is 1. The van der Waals surface area contributed by atoms with Crippen molar-refractivity contribution in [2.75, 3.05) is 0 Å². The maximum absolute atomic E-state index is 14.1. The molecular formula is C38H40N4O9. The number of hydrogen-bond donors (Lipinski definition) is 1. The third kappa shape index (κ3) is 8.66. The summed E-state index contributed by atoms with van der Waals surface area (Å²) in [5, 5.41) is 8.94. The van der Waals surface area contributed by atoms with Gasteiger partial charge in [-0.3, -0.25) is 24.0 Å². The molecule has 0 radical (unpaired) electrons. The van der Waals surface area contributed by atoms with Crippen molar-refractivity contribution < 1.29 is 37.8 Å². The van der Waals surface area contributed by atoms with E-state index in [1.807, 2.05) is 0 Å². The number of primary amides is 1. The predicted octanol–water partition coefficient (Wildman–Crippen LogP) is 5.55. The first-order valence-corrected chi connectivity index (χ1v) is 16.3. The molecule has 13 nitrogen and oxygen atoms in total. The van der Waals surface area contributed by atoms with Crippen LogP contribution in [0.5, 0.6) is 5.75 Å². The van der Waals surface area contributed by atoms with E-state index in [1.165, 1.54) is 6.07 Å². The quantitative estimate of drug-likeness (QED) is 0.0981. The van der Waals surface area contributed by atoms with Gasteiger partial charge in [-0.25, -0.2) is 4.68 Å². The van der Waals surface area contributed by atoms with Crippen molar-refractivity contribution in [2.45, 2.75) is 78.7 Å². The van der Waals surface area contributed by atoms with Crippen LogP contribution in [0.1, 0.15) is 80.9 Å². The van der Waals surface area contributed by atoms with Crippen molar-refractivity contribution in [3.05, 3.63) is 100 Å². The molecule has 3 aromatic carbocycles. The average Bonchev–Trinajstić information content (AvgIpc) is 3.49. The molecule has 0 aliphatic rings. The van der Waals surface area contributed by atoms with Crippen LogP contribution in [0.4, 0.5) is 0 Å². The van der Waals surface area contributed by atoms with Gasteiger partial charge in [-0.15, -0.1) is 5.10 Å². The smallest absolute Gasteiger partial charge is 0.324 e. The maximum atomic E-state index is 14.1. The van der Waals surface area contributed by atoms with Gasteiger partial charge in [-0.1, -0.05) is 29.5 Å². The van der Waals surface area contributed by atoms with Gasteiger partial charge in [0, 0.05) is 23.9 Å². The van der Waals surface area contributed by atoms with E-state index in [1.54, 1.807) is 108 Å². The summed E-state index contributed by atoms with van der Waals surface area (Å²) in [6, 6.07) is 19.9. The minimum atomic E-state index is -2.20. The monoisotopic (exact) mass is 696 g/mol. The molecule has 0 saturated carbocycles. The van der Waals surface area contributed by atoms with Crippen LogP contribution in [0.25, 0.3) is 21.9 Å². The van der Waals surface area contributed by atoms with Crippen molar-refractivity contribution in [2.24, 2.45) is 11.1 Å². The largest absolute Gasteiger partial charge is 0.489 e. The number of rotatable bonds is 12. The highest BCUT2D eigenvalue weighted by molar-refractivity contribution is 6.08. The van der Waals surface area contributed by atoms with Gasteiger partial charge in [0.15, 0.2) is 17.0 Å². The van der Waals surface area contributed by atoms with Gasteiger partial charge in [0.25, 0.3) is 5.56 Å². The number of nitrogens with two attached hydrogens (primary N) is 1. The van der Waals surface area contributed by atoms with Gasteiger partial charge in [0.2, 0.25) is 5.91 Å². The molecule has 0 fully saturated rings. The van der Waals surface area contributed by atoms with Crippen LogP contribution in [0, 0.1) is 5.41 Å². The fourth-order valence-electron chi connectivity index (χ4n) is 5.33. The average molecular weight is 697 g/mol. The minimum absolute atomic E-state index is 0.115. The Bertz CT molecular complexity index is 2160. The van der Waals surface area contributed by atoms with E-state index in [0.29, 0.717) is 33.2 Å². The Hall–Kier alpha value is -5.85. The lowest BCUT2D eigenvalue weighted by atomic mass is 9.78. The summed E-state index contributed by atoms with van der Waals surface area (Å²) in [5.41, 5.74) is 2.46. The number of esters is 2. The summed E-state index contributed by atoms with van der Waals surface area (Å²) >= 11 is 0. The second-order valence-corrected chi connectivity index (χ2v) is 14.2. The van der Waals surface area contributed by atoms with Crippen LogP contribution in [0.3, 0.4) is 0 Å². The van der Waals surface area contributed by atoms with Gasteiger partial charge in [0.05, 0.1) is 5.39 Å². The highest BCUT2D eigenvalue weighted by Crippen LogP contribution is 2.37. The summed E-state index contributed by atoms with van der Waals surface area (Å²) in [7, 11) is 0. The van der Waals surface area contributed by atoms with E-state index in [9.17, 15) is 24.0 Å². The number of benzene rings is 3. The fraction of sp³-hybridized carbons (Fsp3) is 0.342. The van der Waals surface area contributed by atoms with E-state index in [4.69, 9.17) is 24.4 Å². The Kier molecular flexibility index (Phi) is 10.1. The van der Waals surface area contributed by atoms with Crippen LogP contribution in [0.2, 0.25) is 0 Å². The first-order valence-electron chi connectivity index (χ1n) is 16.3. The lowest BCUT2D eigenvalue weighted by molar-refractivity contribution is -0.186. The molecule has 0 aliphatic carbocycles. The van der Waals surface area contributed by atoms with E-state index >= 15 is 0 Å². The highest BCUT2D eigenvalue weighted by Gasteiger charge is 2.53. The number of aromatic nitrogens is 3. The molecule has 0 saturated heterocycles. The minimum Gasteiger partial charge on any atom is -0.489 e. The van der Waals surface area contributed by atoms with E-state index in [2.05, 4.69) is 10.3 Å². The van der Waals surface area contributed by atoms with Crippen LogP contribution < -0.4 is 16.0 Å².